The van der Waals surface area contributed by atoms with Crippen LogP contribution in [0.2, 0.25) is 0 Å². The summed E-state index contributed by atoms with van der Waals surface area (Å²) in [5.74, 6) is -1.96. The number of esters is 2. The summed E-state index contributed by atoms with van der Waals surface area (Å²) in [6, 6.07) is 0. The summed E-state index contributed by atoms with van der Waals surface area (Å²) in [6.07, 6.45) is 1.98. The smallest absolute Gasteiger partial charge is 0.343 e. The van der Waals surface area contributed by atoms with Crippen LogP contribution in [0.4, 0.5) is 5.69 Å². The van der Waals surface area contributed by atoms with E-state index in [0.717, 1.165) is 19.5 Å². The summed E-state index contributed by atoms with van der Waals surface area (Å²) in [7, 11) is 1.14. The maximum Gasteiger partial charge on any atom is 0.343 e. The van der Waals surface area contributed by atoms with E-state index in [-0.39, 0.29) is 17.9 Å². The van der Waals surface area contributed by atoms with Gasteiger partial charge in [-0.2, -0.15) is 0 Å². The predicted molar refractivity (Wildman–Crippen MR) is 64.4 cm³/mol. The van der Waals surface area contributed by atoms with Crippen molar-refractivity contribution in [3.63, 3.8) is 0 Å². The molecule has 1 rings (SSSR count). The molecule has 0 N–H and O–H groups in total. The second kappa shape index (κ2) is 7.02. The molecule has 0 bridgehead atoms. The van der Waals surface area contributed by atoms with Crippen LogP contribution in [0.25, 0.3) is 0 Å². The first-order valence-electron chi connectivity index (χ1n) is 5.50. The van der Waals surface area contributed by atoms with Gasteiger partial charge in [0.15, 0.2) is 6.61 Å². The molecule has 0 aromatic carbocycles. The molecule has 0 aliphatic heterocycles. The van der Waals surface area contributed by atoms with E-state index in [1.807, 2.05) is 0 Å². The maximum atomic E-state index is 11.7. The molecule has 9 nitrogen and oxygen atoms in total. The van der Waals surface area contributed by atoms with Crippen molar-refractivity contribution >= 4 is 17.6 Å². The van der Waals surface area contributed by atoms with Gasteiger partial charge in [0.25, 0.3) is 0 Å². The van der Waals surface area contributed by atoms with Gasteiger partial charge in [0.2, 0.25) is 5.75 Å². The third-order valence-electron chi connectivity index (χ3n) is 2.13. The van der Waals surface area contributed by atoms with Gasteiger partial charge in [-0.05, 0) is 6.92 Å². The molecule has 1 heterocycles. The number of nitrogens with zero attached hydrogens (tertiary/aromatic N) is 2. The monoisotopic (exact) mass is 284 g/mol. The first kappa shape index (κ1) is 15.3. The number of methoxy groups -OCH3 is 1. The van der Waals surface area contributed by atoms with Crippen LogP contribution in [0, 0.1) is 10.1 Å². The number of hydrogen-bond acceptors (Lipinski definition) is 8. The molecule has 0 aliphatic carbocycles. The Morgan fingerprint density at radius 3 is 2.65 bits per heavy atom. The Hall–Kier alpha value is -2.71. The van der Waals surface area contributed by atoms with E-state index < -0.39 is 29.2 Å². The highest BCUT2D eigenvalue weighted by atomic mass is 16.6. The van der Waals surface area contributed by atoms with E-state index >= 15 is 0 Å². The summed E-state index contributed by atoms with van der Waals surface area (Å²) >= 11 is 0. The minimum Gasteiger partial charge on any atom is -0.474 e. The fourth-order valence-electron chi connectivity index (χ4n) is 1.26. The lowest BCUT2D eigenvalue weighted by Crippen LogP contribution is -2.16. The zero-order chi connectivity index (χ0) is 15.1. The van der Waals surface area contributed by atoms with Crippen molar-refractivity contribution in [1.82, 2.24) is 4.98 Å². The first-order chi connectivity index (χ1) is 9.51. The van der Waals surface area contributed by atoms with Gasteiger partial charge in [-0.15, -0.1) is 0 Å². The third-order valence-corrected chi connectivity index (χ3v) is 2.13. The fourth-order valence-corrected chi connectivity index (χ4v) is 1.26. The summed E-state index contributed by atoms with van der Waals surface area (Å²) in [5, 5.41) is 10.9. The molecule has 1 aromatic heterocycles. The highest BCUT2D eigenvalue weighted by molar-refractivity contribution is 5.93. The molecule has 0 spiro atoms. The summed E-state index contributed by atoms with van der Waals surface area (Å²) < 4.78 is 14.1. The summed E-state index contributed by atoms with van der Waals surface area (Å²) in [4.78, 5) is 36.4. The number of carbonyl (C=O) groups excluding carboxylic acids is 2. The highest BCUT2D eigenvalue weighted by Gasteiger charge is 2.25. The molecule has 1 aromatic rings. The van der Waals surface area contributed by atoms with Crippen molar-refractivity contribution in [3.8, 4) is 5.75 Å². The van der Waals surface area contributed by atoms with Gasteiger partial charge in [0.05, 0.1) is 18.6 Å². The lowest BCUT2D eigenvalue weighted by Gasteiger charge is -2.09. The Labute approximate surface area is 113 Å². The molecule has 0 radical (unpaired) electrons. The lowest BCUT2D eigenvalue weighted by molar-refractivity contribution is -0.386. The molecular weight excluding hydrogens is 272 g/mol. The Morgan fingerprint density at radius 2 is 2.10 bits per heavy atom. The minimum atomic E-state index is -0.830. The van der Waals surface area contributed by atoms with E-state index in [4.69, 9.17) is 9.47 Å². The van der Waals surface area contributed by atoms with Crippen LogP contribution in [0.5, 0.6) is 5.75 Å². The lowest BCUT2D eigenvalue weighted by atomic mass is 10.2. The standard InChI is InChI=1S/C11H12N2O7/c1-3-19-11(15)7-4-12-5-8(13(16)17)10(7)20-6-9(14)18-2/h4-5H,3,6H2,1-2H3. The molecule has 0 unspecified atom stereocenters. The largest absolute Gasteiger partial charge is 0.474 e. The second-order valence-corrected chi connectivity index (χ2v) is 3.38. The van der Waals surface area contributed by atoms with Crippen LogP contribution >= 0.6 is 0 Å². The zero-order valence-corrected chi connectivity index (χ0v) is 10.8. The molecule has 20 heavy (non-hydrogen) atoms. The van der Waals surface area contributed by atoms with E-state index in [1.165, 1.54) is 0 Å². The quantitative estimate of drug-likeness (QED) is 0.426. The Morgan fingerprint density at radius 1 is 1.40 bits per heavy atom. The molecule has 9 heteroatoms. The number of nitro groups is 1. The van der Waals surface area contributed by atoms with Gasteiger partial charge < -0.3 is 14.2 Å². The third kappa shape index (κ3) is 3.64. The van der Waals surface area contributed by atoms with Crippen molar-refractivity contribution in [2.24, 2.45) is 0 Å². The number of ether oxygens (including phenoxy) is 3. The molecule has 0 atom stereocenters. The van der Waals surface area contributed by atoms with Crippen LogP contribution in [-0.2, 0) is 14.3 Å². The normalized spacial score (nSPS) is 9.70. The van der Waals surface area contributed by atoms with Crippen molar-refractivity contribution in [2.45, 2.75) is 6.92 Å². The van der Waals surface area contributed by atoms with Gasteiger partial charge in [-0.3, -0.25) is 15.1 Å². The average molecular weight is 284 g/mol. The van der Waals surface area contributed by atoms with E-state index in [1.54, 1.807) is 6.92 Å². The predicted octanol–water partition coefficient (Wildman–Crippen LogP) is 0.718. The van der Waals surface area contributed by atoms with Gasteiger partial charge in [0, 0.05) is 6.20 Å². The Kier molecular flexibility index (Phi) is 5.39. The summed E-state index contributed by atoms with van der Waals surface area (Å²) in [5.41, 5.74) is -0.774. The molecule has 108 valence electrons. The number of carbonyl (C=O) groups is 2. The van der Waals surface area contributed by atoms with Crippen LogP contribution in [-0.4, -0.2) is 42.2 Å². The van der Waals surface area contributed by atoms with Crippen molar-refractivity contribution in [2.75, 3.05) is 20.3 Å². The number of pyridine rings is 1. The molecule has 0 saturated heterocycles. The van der Waals surface area contributed by atoms with Crippen molar-refractivity contribution in [1.29, 1.82) is 0 Å². The molecular formula is C11H12N2O7. The number of hydrogen-bond donors (Lipinski definition) is 0. The van der Waals surface area contributed by atoms with Gasteiger partial charge in [-0.25, -0.2) is 9.59 Å². The topological polar surface area (TPSA) is 118 Å². The molecule has 0 saturated carbocycles. The molecule has 0 amide bonds. The van der Waals surface area contributed by atoms with Crippen molar-refractivity contribution < 1.29 is 28.7 Å². The molecule has 0 fully saturated rings. The van der Waals surface area contributed by atoms with Crippen LogP contribution in [0.15, 0.2) is 12.4 Å². The van der Waals surface area contributed by atoms with Crippen LogP contribution in [0.1, 0.15) is 17.3 Å². The SMILES string of the molecule is CCOC(=O)c1cncc([N+](=O)[O-])c1OCC(=O)OC. The van der Waals surface area contributed by atoms with Gasteiger partial charge >= 0.3 is 17.6 Å². The molecule has 0 aliphatic rings. The Bertz CT molecular complexity index is 530. The maximum absolute atomic E-state index is 11.7. The van der Waals surface area contributed by atoms with Crippen molar-refractivity contribution in [3.05, 3.63) is 28.1 Å². The zero-order valence-electron chi connectivity index (χ0n) is 10.8. The van der Waals surface area contributed by atoms with Crippen LogP contribution in [0.3, 0.4) is 0 Å². The average Bonchev–Trinajstić information content (AvgIpc) is 2.44. The number of rotatable bonds is 6. The second-order valence-electron chi connectivity index (χ2n) is 3.38. The van der Waals surface area contributed by atoms with E-state index in [9.17, 15) is 19.7 Å². The van der Waals surface area contributed by atoms with Gasteiger partial charge in [0.1, 0.15) is 11.8 Å². The fraction of sp³-hybridized carbons (Fsp3) is 0.364. The minimum absolute atomic E-state index is 0.0813. The van der Waals surface area contributed by atoms with E-state index in [0.29, 0.717) is 0 Å². The summed E-state index contributed by atoms with van der Waals surface area (Å²) in [6.45, 7) is 1.09. The highest BCUT2D eigenvalue weighted by Crippen LogP contribution is 2.30. The first-order valence-corrected chi connectivity index (χ1v) is 5.50. The Balaban J connectivity index is 3.16. The van der Waals surface area contributed by atoms with E-state index in [2.05, 4.69) is 9.72 Å². The number of aromatic nitrogens is 1. The van der Waals surface area contributed by atoms with Crippen LogP contribution < -0.4 is 4.74 Å². The van der Waals surface area contributed by atoms with Gasteiger partial charge in [-0.1, -0.05) is 0 Å².